The lowest BCUT2D eigenvalue weighted by Crippen LogP contribution is -2.42. The molecule has 1 saturated heterocycles. The normalized spacial score (nSPS) is 19.8. The molecular formula is C18H15F6N5O3. The average molecular weight is 463 g/mol. The number of benzene rings is 1. The van der Waals surface area contributed by atoms with Crippen molar-refractivity contribution in [3.63, 3.8) is 0 Å². The Balaban J connectivity index is 1.77. The number of aromatic nitrogens is 4. The van der Waals surface area contributed by atoms with Crippen molar-refractivity contribution in [1.29, 1.82) is 0 Å². The lowest BCUT2D eigenvalue weighted by atomic mass is 10.1. The summed E-state index contributed by atoms with van der Waals surface area (Å²) in [5.41, 5.74) is -1.68. The monoisotopic (exact) mass is 463 g/mol. The second-order valence-electron chi connectivity index (χ2n) is 6.96. The van der Waals surface area contributed by atoms with E-state index in [9.17, 15) is 31.4 Å². The number of halogens is 6. The van der Waals surface area contributed by atoms with Gasteiger partial charge >= 0.3 is 12.5 Å². The number of nitrogens with one attached hydrogen (secondary N) is 1. The van der Waals surface area contributed by atoms with Crippen molar-refractivity contribution >= 4 is 11.5 Å². The molecule has 32 heavy (non-hydrogen) atoms. The summed E-state index contributed by atoms with van der Waals surface area (Å²) in [6.07, 6.45) is -7.91. The Morgan fingerprint density at radius 2 is 1.94 bits per heavy atom. The van der Waals surface area contributed by atoms with Crippen molar-refractivity contribution < 1.29 is 40.9 Å². The van der Waals surface area contributed by atoms with Crippen molar-refractivity contribution in [2.24, 2.45) is 0 Å². The standard InChI is InChI=1S/C18H15F6N5O3/c19-17(20,21)9-1-2-10(14(5-9)32-18(22,23)24)15-12-6-25-8-29(12)16(28-27-15)26-11-3-4-31-7-13(11)30/h1-2,5-6,8,11,13,30H,3-4,7H2,(H,26,28)/t11-,13-/m1/s1. The maximum Gasteiger partial charge on any atom is 0.573 e. The van der Waals surface area contributed by atoms with E-state index in [1.807, 2.05) is 0 Å². The fraction of sp³-hybridized carbons (Fsp3) is 0.389. The molecule has 0 amide bonds. The molecule has 1 aliphatic heterocycles. The number of nitrogens with zero attached hydrogens (tertiary/aromatic N) is 4. The molecule has 1 fully saturated rings. The van der Waals surface area contributed by atoms with Crippen molar-refractivity contribution in [2.45, 2.75) is 31.1 Å². The van der Waals surface area contributed by atoms with E-state index in [2.05, 4.69) is 25.2 Å². The second-order valence-corrected chi connectivity index (χ2v) is 6.96. The minimum absolute atomic E-state index is 0.111. The number of anilines is 1. The maximum atomic E-state index is 13.0. The number of fused-ring (bicyclic) bond motifs is 1. The highest BCUT2D eigenvalue weighted by molar-refractivity contribution is 5.81. The molecule has 0 radical (unpaired) electrons. The molecule has 8 nitrogen and oxygen atoms in total. The van der Waals surface area contributed by atoms with E-state index < -0.39 is 36.0 Å². The van der Waals surface area contributed by atoms with E-state index >= 15 is 0 Å². The highest BCUT2D eigenvalue weighted by Crippen LogP contribution is 2.40. The number of rotatable bonds is 4. The Labute approximate surface area is 175 Å². The van der Waals surface area contributed by atoms with Gasteiger partial charge in [-0.15, -0.1) is 23.4 Å². The predicted molar refractivity (Wildman–Crippen MR) is 96.8 cm³/mol. The molecule has 2 aromatic heterocycles. The van der Waals surface area contributed by atoms with Crippen molar-refractivity contribution in [2.75, 3.05) is 18.5 Å². The van der Waals surface area contributed by atoms with Crippen molar-refractivity contribution in [1.82, 2.24) is 19.6 Å². The van der Waals surface area contributed by atoms with Gasteiger partial charge in [0, 0.05) is 12.2 Å². The molecule has 0 aliphatic carbocycles. The van der Waals surface area contributed by atoms with Crippen LogP contribution in [0.3, 0.4) is 0 Å². The quantitative estimate of drug-likeness (QED) is 0.574. The van der Waals surface area contributed by atoms with Gasteiger partial charge in [0.2, 0.25) is 5.95 Å². The van der Waals surface area contributed by atoms with Gasteiger partial charge in [-0.25, -0.2) is 4.98 Å². The number of hydrogen-bond donors (Lipinski definition) is 2. The first-order valence-corrected chi connectivity index (χ1v) is 9.21. The summed E-state index contributed by atoms with van der Waals surface area (Å²) in [5, 5.41) is 20.9. The summed E-state index contributed by atoms with van der Waals surface area (Å²) in [4.78, 5) is 3.93. The Kier molecular flexibility index (Phi) is 5.58. The SMILES string of the molecule is O[C@@H]1COCC[C@H]1Nc1nnc(-c2ccc(C(F)(F)F)cc2OC(F)(F)F)c2cncn12. The van der Waals surface area contributed by atoms with Crippen LogP contribution < -0.4 is 10.1 Å². The summed E-state index contributed by atoms with van der Waals surface area (Å²) in [7, 11) is 0. The Morgan fingerprint density at radius 1 is 1.16 bits per heavy atom. The predicted octanol–water partition coefficient (Wildman–Crippen LogP) is 3.27. The van der Waals surface area contributed by atoms with Gasteiger partial charge < -0.3 is 19.9 Å². The first-order valence-electron chi connectivity index (χ1n) is 9.21. The molecule has 0 bridgehead atoms. The van der Waals surface area contributed by atoms with Gasteiger partial charge in [0.1, 0.15) is 17.8 Å². The lowest BCUT2D eigenvalue weighted by Gasteiger charge is -2.28. The van der Waals surface area contributed by atoms with Crippen LogP contribution >= 0.6 is 0 Å². The van der Waals surface area contributed by atoms with Crippen LogP contribution in [-0.2, 0) is 10.9 Å². The average Bonchev–Trinajstić information content (AvgIpc) is 3.19. The van der Waals surface area contributed by atoms with Crippen molar-refractivity contribution in [3.8, 4) is 17.0 Å². The molecule has 0 unspecified atom stereocenters. The molecule has 4 rings (SSSR count). The topological polar surface area (TPSA) is 93.8 Å². The zero-order chi connectivity index (χ0) is 23.1. The number of ether oxygens (including phenoxy) is 2. The fourth-order valence-corrected chi connectivity index (χ4v) is 3.29. The molecular weight excluding hydrogens is 448 g/mol. The van der Waals surface area contributed by atoms with E-state index in [0.717, 1.165) is 6.07 Å². The van der Waals surface area contributed by atoms with E-state index in [1.165, 1.54) is 16.9 Å². The highest BCUT2D eigenvalue weighted by Gasteiger charge is 2.36. The van der Waals surface area contributed by atoms with Crippen LogP contribution in [0.2, 0.25) is 0 Å². The van der Waals surface area contributed by atoms with Crippen LogP contribution in [-0.4, -0.2) is 56.4 Å². The third kappa shape index (κ3) is 4.55. The highest BCUT2D eigenvalue weighted by atomic mass is 19.4. The molecule has 1 aliphatic rings. The molecule has 3 aromatic rings. The van der Waals surface area contributed by atoms with Gasteiger partial charge in [0.25, 0.3) is 0 Å². The molecule has 172 valence electrons. The van der Waals surface area contributed by atoms with Crippen LogP contribution in [0, 0.1) is 0 Å². The minimum Gasteiger partial charge on any atom is -0.405 e. The summed E-state index contributed by atoms with van der Waals surface area (Å²) in [6, 6.07) is 1.28. The first kappa shape index (κ1) is 22.1. The third-order valence-electron chi connectivity index (χ3n) is 4.78. The van der Waals surface area contributed by atoms with Gasteiger partial charge in [0.15, 0.2) is 0 Å². The van der Waals surface area contributed by atoms with Crippen LogP contribution in [0.4, 0.5) is 32.3 Å². The van der Waals surface area contributed by atoms with Crippen LogP contribution in [0.1, 0.15) is 12.0 Å². The summed E-state index contributed by atoms with van der Waals surface area (Å²) < 4.78 is 88.1. The van der Waals surface area contributed by atoms with Crippen LogP contribution in [0.15, 0.2) is 30.7 Å². The Bertz CT molecular complexity index is 1120. The summed E-state index contributed by atoms with van der Waals surface area (Å²) >= 11 is 0. The molecule has 2 atom stereocenters. The third-order valence-corrected chi connectivity index (χ3v) is 4.78. The van der Waals surface area contributed by atoms with Crippen LogP contribution in [0.5, 0.6) is 5.75 Å². The zero-order valence-electron chi connectivity index (χ0n) is 16.0. The van der Waals surface area contributed by atoms with Gasteiger partial charge in [-0.1, -0.05) is 0 Å². The molecule has 0 spiro atoms. The first-order chi connectivity index (χ1) is 15.0. The molecule has 0 saturated carbocycles. The van der Waals surface area contributed by atoms with Crippen molar-refractivity contribution in [3.05, 3.63) is 36.3 Å². The Morgan fingerprint density at radius 3 is 2.62 bits per heavy atom. The van der Waals surface area contributed by atoms with E-state index in [4.69, 9.17) is 4.74 Å². The van der Waals surface area contributed by atoms with Gasteiger partial charge in [-0.3, -0.25) is 4.40 Å². The molecule has 14 heteroatoms. The smallest absolute Gasteiger partial charge is 0.405 e. The van der Waals surface area contributed by atoms with Gasteiger partial charge in [-0.2, -0.15) is 13.2 Å². The fourth-order valence-electron chi connectivity index (χ4n) is 3.29. The number of aliphatic hydroxyl groups is 1. The minimum atomic E-state index is -5.23. The Hall–Kier alpha value is -3.13. The zero-order valence-corrected chi connectivity index (χ0v) is 16.0. The second kappa shape index (κ2) is 8.09. The number of imidazole rings is 1. The van der Waals surface area contributed by atoms with E-state index in [0.29, 0.717) is 19.1 Å². The largest absolute Gasteiger partial charge is 0.573 e. The molecule has 3 heterocycles. The maximum absolute atomic E-state index is 13.0. The molecule has 1 aromatic carbocycles. The summed E-state index contributed by atoms with van der Waals surface area (Å²) in [6.45, 7) is 0.511. The molecule has 2 N–H and O–H groups in total. The summed E-state index contributed by atoms with van der Waals surface area (Å²) in [5.74, 6) is -0.942. The number of hydrogen-bond acceptors (Lipinski definition) is 7. The number of aliphatic hydroxyl groups excluding tert-OH is 1. The van der Waals surface area contributed by atoms with Gasteiger partial charge in [-0.05, 0) is 24.6 Å². The van der Waals surface area contributed by atoms with E-state index in [-0.39, 0.29) is 35.4 Å². The lowest BCUT2D eigenvalue weighted by molar-refractivity contribution is -0.274. The van der Waals surface area contributed by atoms with E-state index in [1.54, 1.807) is 0 Å². The van der Waals surface area contributed by atoms with Gasteiger partial charge in [0.05, 0.1) is 36.0 Å². The van der Waals surface area contributed by atoms with Crippen LogP contribution in [0.25, 0.3) is 16.8 Å². The number of alkyl halides is 6.